The molecule has 1 heteroatoms. The zero-order valence-corrected chi connectivity index (χ0v) is 9.27. The number of aliphatic hydroxyl groups excluding tert-OH is 1. The van der Waals surface area contributed by atoms with Gasteiger partial charge in [-0.15, -0.1) is 0 Å². The van der Waals surface area contributed by atoms with Crippen LogP contribution in [0.4, 0.5) is 0 Å². The minimum atomic E-state index is -0.225. The molecule has 78 valence electrons. The summed E-state index contributed by atoms with van der Waals surface area (Å²) in [5, 5.41) is 9.94. The van der Waals surface area contributed by atoms with Gasteiger partial charge in [0.25, 0.3) is 0 Å². The minimum Gasteiger partial charge on any atom is -0.392 e. The maximum atomic E-state index is 9.94. The molecule has 0 aliphatic carbocycles. The first-order chi connectivity index (χ1) is 6.66. The predicted molar refractivity (Wildman–Crippen MR) is 60.3 cm³/mol. The third-order valence-electron chi connectivity index (χ3n) is 2.74. The van der Waals surface area contributed by atoms with Gasteiger partial charge in [-0.2, -0.15) is 0 Å². The van der Waals surface area contributed by atoms with E-state index >= 15 is 0 Å². The molecule has 0 fully saturated rings. The van der Waals surface area contributed by atoms with E-state index in [-0.39, 0.29) is 12.0 Å². The summed E-state index contributed by atoms with van der Waals surface area (Å²) in [6, 6.07) is 10.3. The first-order valence-electron chi connectivity index (χ1n) is 5.39. The van der Waals surface area contributed by atoms with Crippen LogP contribution in [0.25, 0.3) is 0 Å². The molecule has 1 aromatic carbocycles. The third kappa shape index (κ3) is 2.58. The van der Waals surface area contributed by atoms with E-state index in [9.17, 15) is 5.11 Å². The van der Waals surface area contributed by atoms with Gasteiger partial charge in [0, 0.05) is 5.92 Å². The molecule has 2 unspecified atom stereocenters. The van der Waals surface area contributed by atoms with Crippen molar-refractivity contribution in [1.29, 1.82) is 0 Å². The Bertz CT molecular complexity index is 253. The largest absolute Gasteiger partial charge is 0.392 e. The van der Waals surface area contributed by atoms with Gasteiger partial charge in [0.15, 0.2) is 0 Å². The zero-order valence-electron chi connectivity index (χ0n) is 9.27. The SMILES string of the molecule is CCC(O)C(c1ccccc1)C(C)C. The lowest BCUT2D eigenvalue weighted by atomic mass is 9.83. The van der Waals surface area contributed by atoms with Gasteiger partial charge in [-0.25, -0.2) is 0 Å². The second-order valence-corrected chi connectivity index (χ2v) is 4.16. The molecular formula is C13H20O. The highest BCUT2D eigenvalue weighted by Crippen LogP contribution is 2.29. The Hall–Kier alpha value is -0.820. The Labute approximate surface area is 86.8 Å². The van der Waals surface area contributed by atoms with Crippen molar-refractivity contribution in [1.82, 2.24) is 0 Å². The first kappa shape index (κ1) is 11.3. The summed E-state index contributed by atoms with van der Waals surface area (Å²) in [5.74, 6) is 0.744. The van der Waals surface area contributed by atoms with Gasteiger partial charge in [-0.1, -0.05) is 51.1 Å². The highest BCUT2D eigenvalue weighted by molar-refractivity contribution is 5.21. The molecule has 0 spiro atoms. The summed E-state index contributed by atoms with van der Waals surface area (Å²) in [6.07, 6.45) is 0.593. The van der Waals surface area contributed by atoms with Gasteiger partial charge in [-0.05, 0) is 17.9 Å². The molecule has 14 heavy (non-hydrogen) atoms. The number of hydrogen-bond donors (Lipinski definition) is 1. The van der Waals surface area contributed by atoms with Gasteiger partial charge in [-0.3, -0.25) is 0 Å². The van der Waals surface area contributed by atoms with Crippen molar-refractivity contribution in [2.24, 2.45) is 5.92 Å². The van der Waals surface area contributed by atoms with Crippen LogP contribution in [0.1, 0.15) is 38.7 Å². The molecule has 0 saturated heterocycles. The van der Waals surface area contributed by atoms with Gasteiger partial charge in [0.05, 0.1) is 6.10 Å². The summed E-state index contributed by atoms with van der Waals surface area (Å²) in [7, 11) is 0. The fraction of sp³-hybridized carbons (Fsp3) is 0.538. The van der Waals surface area contributed by atoms with Crippen molar-refractivity contribution < 1.29 is 5.11 Å². The highest BCUT2D eigenvalue weighted by atomic mass is 16.3. The predicted octanol–water partition coefficient (Wildman–Crippen LogP) is 3.20. The van der Waals surface area contributed by atoms with Crippen LogP contribution in [-0.2, 0) is 0 Å². The maximum absolute atomic E-state index is 9.94. The van der Waals surface area contributed by atoms with Gasteiger partial charge in [0.1, 0.15) is 0 Å². The summed E-state index contributed by atoms with van der Waals surface area (Å²) in [6.45, 7) is 6.36. The van der Waals surface area contributed by atoms with Gasteiger partial charge in [0.2, 0.25) is 0 Å². The molecule has 0 aliphatic rings. The Morgan fingerprint density at radius 2 is 1.71 bits per heavy atom. The van der Waals surface area contributed by atoms with Gasteiger partial charge >= 0.3 is 0 Å². The van der Waals surface area contributed by atoms with Crippen molar-refractivity contribution >= 4 is 0 Å². The van der Waals surface area contributed by atoms with E-state index in [4.69, 9.17) is 0 Å². The molecule has 0 aromatic heterocycles. The molecule has 1 rings (SSSR count). The molecule has 0 bridgehead atoms. The average Bonchev–Trinajstić information content (AvgIpc) is 2.19. The molecule has 1 aromatic rings. The Morgan fingerprint density at radius 1 is 1.14 bits per heavy atom. The summed E-state index contributed by atoms with van der Waals surface area (Å²) < 4.78 is 0. The van der Waals surface area contributed by atoms with Crippen molar-refractivity contribution in [3.05, 3.63) is 35.9 Å². The lowest BCUT2D eigenvalue weighted by Crippen LogP contribution is -2.22. The first-order valence-corrected chi connectivity index (χ1v) is 5.39. The van der Waals surface area contributed by atoms with Crippen LogP contribution in [0.15, 0.2) is 30.3 Å². The van der Waals surface area contributed by atoms with Crippen LogP contribution in [0.5, 0.6) is 0 Å². The Morgan fingerprint density at radius 3 is 2.14 bits per heavy atom. The summed E-state index contributed by atoms with van der Waals surface area (Å²) in [5.41, 5.74) is 1.25. The van der Waals surface area contributed by atoms with Crippen LogP contribution >= 0.6 is 0 Å². The fourth-order valence-corrected chi connectivity index (χ4v) is 1.98. The lowest BCUT2D eigenvalue weighted by Gasteiger charge is -2.26. The number of benzene rings is 1. The monoisotopic (exact) mass is 192 g/mol. The van der Waals surface area contributed by atoms with Crippen LogP contribution in [0.3, 0.4) is 0 Å². The Balaban J connectivity index is 2.89. The molecule has 1 nitrogen and oxygen atoms in total. The quantitative estimate of drug-likeness (QED) is 0.776. The molecule has 2 atom stereocenters. The minimum absolute atomic E-state index is 0.225. The third-order valence-corrected chi connectivity index (χ3v) is 2.74. The van der Waals surface area contributed by atoms with E-state index in [1.165, 1.54) is 5.56 Å². The van der Waals surface area contributed by atoms with E-state index in [1.54, 1.807) is 0 Å². The van der Waals surface area contributed by atoms with Crippen LogP contribution in [0, 0.1) is 5.92 Å². The normalized spacial score (nSPS) is 15.5. The fourth-order valence-electron chi connectivity index (χ4n) is 1.98. The second kappa shape index (κ2) is 5.16. The van der Waals surface area contributed by atoms with Crippen LogP contribution in [0.2, 0.25) is 0 Å². The number of rotatable bonds is 4. The van der Waals surface area contributed by atoms with Crippen molar-refractivity contribution in [3.8, 4) is 0 Å². The van der Waals surface area contributed by atoms with E-state index in [0.29, 0.717) is 5.92 Å². The molecule has 0 radical (unpaired) electrons. The number of aliphatic hydroxyl groups is 1. The lowest BCUT2D eigenvalue weighted by molar-refractivity contribution is 0.118. The van der Waals surface area contributed by atoms with E-state index in [1.807, 2.05) is 25.1 Å². The molecule has 0 heterocycles. The van der Waals surface area contributed by atoms with Crippen LogP contribution < -0.4 is 0 Å². The van der Waals surface area contributed by atoms with E-state index < -0.39 is 0 Å². The molecule has 0 aliphatic heterocycles. The highest BCUT2D eigenvalue weighted by Gasteiger charge is 2.22. The average molecular weight is 192 g/mol. The summed E-state index contributed by atoms with van der Waals surface area (Å²) >= 11 is 0. The maximum Gasteiger partial charge on any atom is 0.0608 e. The van der Waals surface area contributed by atoms with Crippen molar-refractivity contribution in [2.75, 3.05) is 0 Å². The molecule has 0 amide bonds. The van der Waals surface area contributed by atoms with Crippen LogP contribution in [-0.4, -0.2) is 11.2 Å². The number of hydrogen-bond acceptors (Lipinski definition) is 1. The standard InChI is InChI=1S/C13H20O/c1-4-12(14)13(10(2)3)11-8-6-5-7-9-11/h5-10,12-14H,4H2,1-3H3. The summed E-state index contributed by atoms with van der Waals surface area (Å²) in [4.78, 5) is 0. The van der Waals surface area contributed by atoms with E-state index in [0.717, 1.165) is 6.42 Å². The molecule has 1 N–H and O–H groups in total. The van der Waals surface area contributed by atoms with Crippen molar-refractivity contribution in [2.45, 2.75) is 39.2 Å². The second-order valence-electron chi connectivity index (χ2n) is 4.16. The zero-order chi connectivity index (χ0) is 10.6. The van der Waals surface area contributed by atoms with E-state index in [2.05, 4.69) is 26.0 Å². The topological polar surface area (TPSA) is 20.2 Å². The van der Waals surface area contributed by atoms with Crippen molar-refractivity contribution in [3.63, 3.8) is 0 Å². The smallest absolute Gasteiger partial charge is 0.0608 e. The molecule has 0 saturated carbocycles. The van der Waals surface area contributed by atoms with Gasteiger partial charge < -0.3 is 5.11 Å². The Kier molecular flexibility index (Phi) is 4.15. The molecular weight excluding hydrogens is 172 g/mol.